The third-order valence-electron chi connectivity index (χ3n) is 4.27. The molecule has 0 spiro atoms. The Kier molecular flexibility index (Phi) is 4.87. The summed E-state index contributed by atoms with van der Waals surface area (Å²) in [6, 6.07) is 4.75. The average Bonchev–Trinajstić information content (AvgIpc) is 3.07. The molecule has 0 amide bonds. The topological polar surface area (TPSA) is 46.0 Å². The number of thiophene rings is 1. The van der Waals surface area contributed by atoms with E-state index in [1.165, 1.54) is 23.7 Å². The van der Waals surface area contributed by atoms with Crippen LogP contribution in [0.1, 0.15) is 29.7 Å². The number of halogens is 3. The van der Waals surface area contributed by atoms with Gasteiger partial charge in [0.2, 0.25) is 0 Å². The quantitative estimate of drug-likeness (QED) is 0.738. The Morgan fingerprint density at radius 2 is 2.00 bits per heavy atom. The van der Waals surface area contributed by atoms with E-state index in [2.05, 4.69) is 9.97 Å². The lowest BCUT2D eigenvalue weighted by Gasteiger charge is -2.34. The summed E-state index contributed by atoms with van der Waals surface area (Å²) in [4.78, 5) is 7.50. The van der Waals surface area contributed by atoms with E-state index in [4.69, 9.17) is 0 Å². The van der Waals surface area contributed by atoms with Crippen molar-refractivity contribution in [1.29, 1.82) is 0 Å². The number of hydrogen-bond donors (Lipinski definition) is 1. The number of nitrogens with zero attached hydrogens (tertiary/aromatic N) is 2. The van der Waals surface area contributed by atoms with Crippen LogP contribution in [0.3, 0.4) is 0 Å². The van der Waals surface area contributed by atoms with Gasteiger partial charge in [-0.2, -0.15) is 11.3 Å². The van der Waals surface area contributed by atoms with Crippen molar-refractivity contribution in [2.24, 2.45) is 0 Å². The van der Waals surface area contributed by atoms with E-state index >= 15 is 0 Å². The fourth-order valence-corrected chi connectivity index (χ4v) is 3.56. The molecule has 3 rings (SSSR count). The van der Waals surface area contributed by atoms with Crippen LogP contribution in [0.5, 0.6) is 0 Å². The number of rotatable bonds is 5. The molecular weight excluding hydrogens is 349 g/mol. The minimum absolute atomic E-state index is 0.0311. The van der Waals surface area contributed by atoms with Crippen LogP contribution in [-0.4, -0.2) is 15.1 Å². The van der Waals surface area contributed by atoms with Gasteiger partial charge in [0, 0.05) is 24.0 Å². The van der Waals surface area contributed by atoms with Gasteiger partial charge in [-0.25, -0.2) is 23.1 Å². The lowest BCUT2D eigenvalue weighted by Crippen LogP contribution is -2.36. The van der Waals surface area contributed by atoms with E-state index in [9.17, 15) is 18.3 Å². The molecule has 0 aliphatic rings. The SMILES string of the molecule is C[C@@H](c1ncncc1F)[C@](O)(Cc1ccsc1)c1ccc(F)cc1F. The van der Waals surface area contributed by atoms with Crippen LogP contribution in [0.15, 0.2) is 47.5 Å². The van der Waals surface area contributed by atoms with Gasteiger partial charge in [-0.3, -0.25) is 0 Å². The molecule has 0 bridgehead atoms. The van der Waals surface area contributed by atoms with Gasteiger partial charge >= 0.3 is 0 Å². The average molecular weight is 364 g/mol. The summed E-state index contributed by atoms with van der Waals surface area (Å²) in [7, 11) is 0. The van der Waals surface area contributed by atoms with Gasteiger partial charge in [-0.05, 0) is 28.5 Å². The largest absolute Gasteiger partial charge is 0.384 e. The highest BCUT2D eigenvalue weighted by molar-refractivity contribution is 7.07. The van der Waals surface area contributed by atoms with Crippen molar-refractivity contribution in [1.82, 2.24) is 9.97 Å². The molecule has 3 aromatic rings. The second-order valence-corrected chi connectivity index (χ2v) is 6.61. The van der Waals surface area contributed by atoms with E-state index in [0.29, 0.717) is 6.07 Å². The predicted molar refractivity (Wildman–Crippen MR) is 88.7 cm³/mol. The summed E-state index contributed by atoms with van der Waals surface area (Å²) in [6.45, 7) is 1.56. The van der Waals surface area contributed by atoms with Crippen molar-refractivity contribution >= 4 is 11.3 Å². The summed E-state index contributed by atoms with van der Waals surface area (Å²) >= 11 is 1.43. The zero-order chi connectivity index (χ0) is 18.0. The van der Waals surface area contributed by atoms with Gasteiger partial charge in [-0.15, -0.1) is 0 Å². The fourth-order valence-electron chi connectivity index (χ4n) is 2.89. The third-order valence-corrected chi connectivity index (χ3v) is 5.01. The van der Waals surface area contributed by atoms with E-state index in [1.807, 2.05) is 10.8 Å². The molecule has 2 aromatic heterocycles. The Hall–Kier alpha value is -2.25. The van der Waals surface area contributed by atoms with Crippen molar-refractivity contribution in [3.63, 3.8) is 0 Å². The molecule has 2 heterocycles. The van der Waals surface area contributed by atoms with E-state index in [-0.39, 0.29) is 17.7 Å². The maximum absolute atomic E-state index is 14.4. The number of aliphatic hydroxyl groups is 1. The zero-order valence-corrected chi connectivity index (χ0v) is 14.1. The molecule has 130 valence electrons. The summed E-state index contributed by atoms with van der Waals surface area (Å²) < 4.78 is 41.9. The summed E-state index contributed by atoms with van der Waals surface area (Å²) in [6.07, 6.45) is 2.19. The zero-order valence-electron chi connectivity index (χ0n) is 13.3. The molecule has 0 saturated carbocycles. The molecule has 0 radical (unpaired) electrons. The van der Waals surface area contributed by atoms with Crippen molar-refractivity contribution in [3.05, 3.63) is 81.8 Å². The van der Waals surface area contributed by atoms with Crippen molar-refractivity contribution in [2.75, 3.05) is 0 Å². The Morgan fingerprint density at radius 1 is 1.20 bits per heavy atom. The second-order valence-electron chi connectivity index (χ2n) is 5.83. The van der Waals surface area contributed by atoms with Crippen LogP contribution < -0.4 is 0 Å². The smallest absolute Gasteiger partial charge is 0.163 e. The predicted octanol–water partition coefficient (Wildman–Crippen LogP) is 4.19. The Bertz CT molecular complexity index is 873. The van der Waals surface area contributed by atoms with Crippen LogP contribution in [0.25, 0.3) is 0 Å². The number of benzene rings is 1. The van der Waals surface area contributed by atoms with Crippen LogP contribution in [-0.2, 0) is 12.0 Å². The highest BCUT2D eigenvalue weighted by atomic mass is 32.1. The first kappa shape index (κ1) is 17.6. The normalized spacial score (nSPS) is 14.9. The molecule has 0 saturated heterocycles. The number of aromatic nitrogens is 2. The summed E-state index contributed by atoms with van der Waals surface area (Å²) in [5, 5.41) is 15.0. The molecular formula is C18H15F3N2OS. The minimum Gasteiger partial charge on any atom is -0.384 e. The van der Waals surface area contributed by atoms with E-state index in [1.54, 1.807) is 13.0 Å². The molecule has 0 unspecified atom stereocenters. The van der Waals surface area contributed by atoms with Gasteiger partial charge in [0.15, 0.2) is 5.82 Å². The van der Waals surface area contributed by atoms with Gasteiger partial charge < -0.3 is 5.11 Å². The van der Waals surface area contributed by atoms with E-state index < -0.39 is 29.0 Å². The molecule has 2 atom stereocenters. The monoisotopic (exact) mass is 364 g/mol. The van der Waals surface area contributed by atoms with Crippen LogP contribution >= 0.6 is 11.3 Å². The third kappa shape index (κ3) is 3.43. The summed E-state index contributed by atoms with van der Waals surface area (Å²) in [5.41, 5.74) is -1.19. The number of hydrogen-bond acceptors (Lipinski definition) is 4. The van der Waals surface area contributed by atoms with E-state index in [0.717, 1.165) is 17.8 Å². The lowest BCUT2D eigenvalue weighted by molar-refractivity contribution is 0.00691. The molecule has 3 nitrogen and oxygen atoms in total. The van der Waals surface area contributed by atoms with Crippen LogP contribution in [0.4, 0.5) is 13.2 Å². The molecule has 25 heavy (non-hydrogen) atoms. The van der Waals surface area contributed by atoms with Crippen molar-refractivity contribution in [3.8, 4) is 0 Å². The van der Waals surface area contributed by atoms with Crippen molar-refractivity contribution < 1.29 is 18.3 Å². The van der Waals surface area contributed by atoms with Crippen LogP contribution in [0.2, 0.25) is 0 Å². The molecule has 7 heteroatoms. The first-order chi connectivity index (χ1) is 11.9. The molecule has 1 aromatic carbocycles. The van der Waals surface area contributed by atoms with Gasteiger partial charge in [0.25, 0.3) is 0 Å². The van der Waals surface area contributed by atoms with Crippen LogP contribution in [0, 0.1) is 17.5 Å². The highest BCUT2D eigenvalue weighted by Gasteiger charge is 2.41. The first-order valence-corrected chi connectivity index (χ1v) is 8.50. The maximum atomic E-state index is 14.4. The molecule has 0 aliphatic carbocycles. The minimum atomic E-state index is -1.81. The standard InChI is InChI=1S/C18H15F3N2OS/c1-11(17-16(21)8-22-10-23-17)18(24,7-12-4-5-25-9-12)14-3-2-13(19)6-15(14)20/h2-6,8-11,24H,7H2,1H3/t11-,18+/m0/s1. The Balaban J connectivity index is 2.13. The lowest BCUT2D eigenvalue weighted by atomic mass is 9.76. The van der Waals surface area contributed by atoms with Gasteiger partial charge in [0.05, 0.1) is 11.9 Å². The highest BCUT2D eigenvalue weighted by Crippen LogP contribution is 2.41. The Morgan fingerprint density at radius 3 is 2.64 bits per heavy atom. The molecule has 0 aliphatic heterocycles. The van der Waals surface area contributed by atoms with Crippen molar-refractivity contribution in [2.45, 2.75) is 24.9 Å². The second kappa shape index (κ2) is 6.93. The fraction of sp³-hybridized carbons (Fsp3) is 0.222. The Labute approximate surface area is 146 Å². The maximum Gasteiger partial charge on any atom is 0.163 e. The molecule has 1 N–H and O–H groups in total. The summed E-state index contributed by atoms with van der Waals surface area (Å²) in [5.74, 6) is -3.23. The first-order valence-electron chi connectivity index (χ1n) is 7.56. The molecule has 0 fully saturated rings. The van der Waals surface area contributed by atoms with Gasteiger partial charge in [-0.1, -0.05) is 13.0 Å². The van der Waals surface area contributed by atoms with Gasteiger partial charge in [0.1, 0.15) is 23.6 Å².